The Morgan fingerprint density at radius 3 is 2.63 bits per heavy atom. The summed E-state index contributed by atoms with van der Waals surface area (Å²) in [5, 5.41) is 15.9. The summed E-state index contributed by atoms with van der Waals surface area (Å²) >= 11 is 0. The van der Waals surface area contributed by atoms with Crippen LogP contribution in [-0.4, -0.2) is 37.3 Å². The fourth-order valence-electron chi connectivity index (χ4n) is 2.80. The van der Waals surface area contributed by atoms with Crippen LogP contribution in [0.3, 0.4) is 0 Å². The van der Waals surface area contributed by atoms with E-state index in [2.05, 4.69) is 30.7 Å². The number of hydrogen-bond donors (Lipinski definition) is 1. The van der Waals surface area contributed by atoms with E-state index in [-0.39, 0.29) is 5.82 Å². The minimum Gasteiger partial charge on any atom is -0.494 e. The van der Waals surface area contributed by atoms with Gasteiger partial charge in [0.1, 0.15) is 29.2 Å². The molecule has 8 nitrogen and oxygen atoms in total. The van der Waals surface area contributed by atoms with E-state index >= 15 is 0 Å². The highest BCUT2D eigenvalue weighted by Gasteiger charge is 2.12. The summed E-state index contributed by atoms with van der Waals surface area (Å²) in [5.41, 5.74) is 2.41. The van der Waals surface area contributed by atoms with Crippen LogP contribution in [0.1, 0.15) is 5.82 Å². The lowest BCUT2D eigenvalue weighted by Crippen LogP contribution is -2.05. The Hall–Kier alpha value is -3.62. The molecule has 0 atom stereocenters. The Morgan fingerprint density at radius 2 is 1.93 bits per heavy atom. The Labute approximate surface area is 154 Å². The lowest BCUT2D eigenvalue weighted by atomic mass is 10.0. The van der Waals surface area contributed by atoms with Gasteiger partial charge in [-0.25, -0.2) is 14.4 Å². The molecule has 0 saturated carbocycles. The van der Waals surface area contributed by atoms with E-state index in [0.717, 1.165) is 16.5 Å². The number of aromatic nitrogens is 6. The van der Waals surface area contributed by atoms with Crippen LogP contribution in [0.2, 0.25) is 0 Å². The van der Waals surface area contributed by atoms with Crippen molar-refractivity contribution in [1.82, 2.24) is 30.2 Å². The summed E-state index contributed by atoms with van der Waals surface area (Å²) in [6, 6.07) is 10.1. The van der Waals surface area contributed by atoms with Crippen LogP contribution >= 0.6 is 0 Å². The average molecular weight is 365 g/mol. The maximum Gasteiger partial charge on any atom is 0.193 e. The van der Waals surface area contributed by atoms with Crippen molar-refractivity contribution in [3.63, 3.8) is 0 Å². The summed E-state index contributed by atoms with van der Waals surface area (Å²) in [6.45, 7) is 0.364. The third kappa shape index (κ3) is 3.39. The molecule has 27 heavy (non-hydrogen) atoms. The van der Waals surface area contributed by atoms with Crippen LogP contribution in [0.5, 0.6) is 5.75 Å². The molecule has 2 aromatic heterocycles. The first-order valence-electron chi connectivity index (χ1n) is 8.19. The SMILES string of the molecule is COc1cc(-c2ccc(F)cc2)cc2c(NCc3nnn(C)n3)ncnc12. The second-order valence-electron chi connectivity index (χ2n) is 5.85. The third-order valence-electron chi connectivity index (χ3n) is 4.06. The number of benzene rings is 2. The zero-order valence-electron chi connectivity index (χ0n) is 14.7. The van der Waals surface area contributed by atoms with Crippen LogP contribution in [-0.2, 0) is 13.6 Å². The van der Waals surface area contributed by atoms with Crippen LogP contribution in [0.25, 0.3) is 22.0 Å². The summed E-state index contributed by atoms with van der Waals surface area (Å²) in [4.78, 5) is 10.1. The number of rotatable bonds is 5. The smallest absolute Gasteiger partial charge is 0.193 e. The zero-order valence-corrected chi connectivity index (χ0v) is 14.7. The zero-order chi connectivity index (χ0) is 18.8. The molecule has 0 fully saturated rings. The van der Waals surface area contributed by atoms with Gasteiger partial charge < -0.3 is 10.1 Å². The predicted octanol–water partition coefficient (Wildman–Crippen LogP) is 2.58. The maximum absolute atomic E-state index is 13.3. The molecule has 1 N–H and O–H groups in total. The first-order chi connectivity index (χ1) is 13.1. The van der Waals surface area contributed by atoms with E-state index in [1.807, 2.05) is 12.1 Å². The molecule has 9 heteroatoms. The number of nitrogens with zero attached hydrogens (tertiary/aromatic N) is 6. The Kier molecular flexibility index (Phi) is 4.33. The fourth-order valence-corrected chi connectivity index (χ4v) is 2.80. The van der Waals surface area contributed by atoms with E-state index in [0.29, 0.717) is 29.5 Å². The first kappa shape index (κ1) is 16.8. The van der Waals surface area contributed by atoms with Gasteiger partial charge in [-0.05, 0) is 40.6 Å². The number of tetrazole rings is 1. The molecule has 0 amide bonds. The van der Waals surface area contributed by atoms with Crippen molar-refractivity contribution in [3.05, 3.63) is 54.4 Å². The Bertz CT molecular complexity index is 1090. The number of anilines is 1. The second-order valence-corrected chi connectivity index (χ2v) is 5.85. The molecule has 0 aliphatic carbocycles. The molecule has 4 aromatic rings. The van der Waals surface area contributed by atoms with Gasteiger partial charge in [0, 0.05) is 5.39 Å². The van der Waals surface area contributed by atoms with Gasteiger partial charge in [0.2, 0.25) is 0 Å². The van der Waals surface area contributed by atoms with Gasteiger partial charge in [-0.3, -0.25) is 0 Å². The molecular formula is C18H16FN7O. The van der Waals surface area contributed by atoms with Crippen LogP contribution in [0, 0.1) is 5.82 Å². The van der Waals surface area contributed by atoms with Crippen molar-refractivity contribution in [2.75, 3.05) is 12.4 Å². The van der Waals surface area contributed by atoms with Gasteiger partial charge in [0.15, 0.2) is 5.82 Å². The highest BCUT2D eigenvalue weighted by atomic mass is 19.1. The van der Waals surface area contributed by atoms with Gasteiger partial charge >= 0.3 is 0 Å². The number of methoxy groups -OCH3 is 1. The first-order valence-corrected chi connectivity index (χ1v) is 8.19. The lowest BCUT2D eigenvalue weighted by molar-refractivity contribution is 0.419. The molecule has 0 unspecified atom stereocenters. The van der Waals surface area contributed by atoms with Gasteiger partial charge in [0.25, 0.3) is 0 Å². The van der Waals surface area contributed by atoms with Gasteiger partial charge in [-0.15, -0.1) is 10.2 Å². The summed E-state index contributed by atoms with van der Waals surface area (Å²) in [5.74, 6) is 1.49. The van der Waals surface area contributed by atoms with Crippen molar-refractivity contribution >= 4 is 16.7 Å². The molecule has 0 spiro atoms. The molecule has 136 valence electrons. The highest BCUT2D eigenvalue weighted by molar-refractivity contribution is 5.96. The minimum absolute atomic E-state index is 0.284. The minimum atomic E-state index is -0.284. The van der Waals surface area contributed by atoms with Gasteiger partial charge in [-0.1, -0.05) is 12.1 Å². The van der Waals surface area contributed by atoms with Crippen LogP contribution in [0.15, 0.2) is 42.7 Å². The number of hydrogen-bond acceptors (Lipinski definition) is 7. The molecule has 0 aliphatic rings. The molecule has 2 heterocycles. The molecule has 0 bridgehead atoms. The molecule has 0 saturated heterocycles. The Morgan fingerprint density at radius 1 is 1.11 bits per heavy atom. The van der Waals surface area contributed by atoms with Crippen molar-refractivity contribution < 1.29 is 9.13 Å². The number of halogens is 1. The van der Waals surface area contributed by atoms with E-state index < -0.39 is 0 Å². The van der Waals surface area contributed by atoms with Crippen molar-refractivity contribution in [2.45, 2.75) is 6.54 Å². The molecule has 0 radical (unpaired) electrons. The van der Waals surface area contributed by atoms with E-state index in [9.17, 15) is 4.39 Å². The fraction of sp³-hybridized carbons (Fsp3) is 0.167. The summed E-state index contributed by atoms with van der Waals surface area (Å²) in [7, 11) is 3.29. The normalized spacial score (nSPS) is 10.9. The maximum atomic E-state index is 13.3. The topological polar surface area (TPSA) is 90.6 Å². The third-order valence-corrected chi connectivity index (χ3v) is 4.06. The highest BCUT2D eigenvalue weighted by Crippen LogP contribution is 2.34. The average Bonchev–Trinajstić information content (AvgIpc) is 3.11. The largest absolute Gasteiger partial charge is 0.494 e. The quantitative estimate of drug-likeness (QED) is 0.581. The summed E-state index contributed by atoms with van der Waals surface area (Å²) in [6.07, 6.45) is 1.47. The Balaban J connectivity index is 1.77. The van der Waals surface area contributed by atoms with Crippen LogP contribution < -0.4 is 10.1 Å². The van der Waals surface area contributed by atoms with Crippen molar-refractivity contribution in [2.24, 2.45) is 7.05 Å². The number of ether oxygens (including phenoxy) is 1. The number of fused-ring (bicyclic) bond motifs is 1. The van der Waals surface area contributed by atoms with Gasteiger partial charge in [-0.2, -0.15) is 4.80 Å². The monoisotopic (exact) mass is 365 g/mol. The van der Waals surface area contributed by atoms with E-state index in [1.54, 1.807) is 26.3 Å². The number of nitrogens with one attached hydrogen (secondary N) is 1. The van der Waals surface area contributed by atoms with Crippen molar-refractivity contribution in [1.29, 1.82) is 0 Å². The van der Waals surface area contributed by atoms with E-state index in [4.69, 9.17) is 4.74 Å². The molecule has 0 aliphatic heterocycles. The molecule has 2 aromatic carbocycles. The van der Waals surface area contributed by atoms with Crippen LogP contribution in [0.4, 0.5) is 10.2 Å². The predicted molar refractivity (Wildman–Crippen MR) is 97.6 cm³/mol. The lowest BCUT2D eigenvalue weighted by Gasteiger charge is -2.12. The molecular weight excluding hydrogens is 349 g/mol. The van der Waals surface area contributed by atoms with Crippen molar-refractivity contribution in [3.8, 4) is 16.9 Å². The van der Waals surface area contributed by atoms with E-state index in [1.165, 1.54) is 23.3 Å². The second kappa shape index (κ2) is 6.94. The van der Waals surface area contributed by atoms with Gasteiger partial charge in [0.05, 0.1) is 20.7 Å². The molecule has 4 rings (SSSR count). The standard InChI is InChI=1S/C18H16FN7O/c1-26-24-16(23-25-26)9-20-18-14-7-12(11-3-5-13(19)6-4-11)8-15(27-2)17(14)21-10-22-18/h3-8,10H,9H2,1-2H3,(H,20,21,22). The summed E-state index contributed by atoms with van der Waals surface area (Å²) < 4.78 is 18.8. The number of aryl methyl sites for hydroxylation is 1.